The minimum atomic E-state index is 0.364. The monoisotopic (exact) mass is 161 g/mol. The van der Waals surface area contributed by atoms with Gasteiger partial charge in [0.1, 0.15) is 6.29 Å². The topological polar surface area (TPSA) is 30.0 Å². The zero-order chi connectivity index (χ0) is 6.69. The average Bonchev–Trinajstić information content (AvgIpc) is 2.17. The second kappa shape index (κ2) is 2.94. The summed E-state index contributed by atoms with van der Waals surface area (Å²) in [7, 11) is 0. The van der Waals surface area contributed by atoms with E-state index in [4.69, 9.17) is 11.6 Å². The largest absolute Gasteiger partial charge is 0.303 e. The Morgan fingerprint density at radius 2 is 2.67 bits per heavy atom. The molecule has 0 atom stereocenters. The van der Waals surface area contributed by atoms with Gasteiger partial charge < -0.3 is 4.79 Å². The SMILES string of the molecule is O=CCc1csc(Cl)n1. The van der Waals surface area contributed by atoms with Crippen molar-refractivity contribution >= 4 is 29.2 Å². The summed E-state index contributed by atoms with van der Waals surface area (Å²) in [6, 6.07) is 0. The smallest absolute Gasteiger partial charge is 0.183 e. The summed E-state index contributed by atoms with van der Waals surface area (Å²) < 4.78 is 0.492. The Bertz CT molecular complexity index is 210. The van der Waals surface area contributed by atoms with Crippen LogP contribution in [0.15, 0.2) is 5.38 Å². The van der Waals surface area contributed by atoms with Gasteiger partial charge in [0.25, 0.3) is 0 Å². The van der Waals surface area contributed by atoms with E-state index in [0.29, 0.717) is 10.9 Å². The molecule has 48 valence electrons. The lowest BCUT2D eigenvalue weighted by atomic mass is 10.4. The predicted molar refractivity (Wildman–Crippen MR) is 36.9 cm³/mol. The van der Waals surface area contributed by atoms with Crippen LogP contribution < -0.4 is 0 Å². The summed E-state index contributed by atoms with van der Waals surface area (Å²) in [4.78, 5) is 13.8. The highest BCUT2D eigenvalue weighted by atomic mass is 35.5. The van der Waals surface area contributed by atoms with Crippen LogP contribution in [0.3, 0.4) is 0 Å². The average molecular weight is 162 g/mol. The van der Waals surface area contributed by atoms with Gasteiger partial charge >= 0.3 is 0 Å². The second-order valence-corrected chi connectivity index (χ2v) is 2.90. The summed E-state index contributed by atoms with van der Waals surface area (Å²) >= 11 is 6.83. The maximum absolute atomic E-state index is 9.91. The molecule has 0 aromatic carbocycles. The quantitative estimate of drug-likeness (QED) is 0.616. The van der Waals surface area contributed by atoms with E-state index in [1.165, 1.54) is 11.3 Å². The number of carbonyl (C=O) groups is 1. The normalized spacial score (nSPS) is 9.44. The van der Waals surface area contributed by atoms with Crippen molar-refractivity contribution in [3.8, 4) is 0 Å². The van der Waals surface area contributed by atoms with E-state index >= 15 is 0 Å². The van der Waals surface area contributed by atoms with Gasteiger partial charge in [-0.2, -0.15) is 0 Å². The van der Waals surface area contributed by atoms with E-state index in [1.54, 1.807) is 5.38 Å². The molecule has 1 heterocycles. The predicted octanol–water partition coefficient (Wildman–Crippen LogP) is 1.54. The maximum Gasteiger partial charge on any atom is 0.183 e. The Hall–Kier alpha value is -0.410. The first-order chi connectivity index (χ1) is 4.33. The highest BCUT2D eigenvalue weighted by Gasteiger charge is 1.95. The molecule has 1 rings (SSSR count). The Morgan fingerprint density at radius 1 is 1.89 bits per heavy atom. The first kappa shape index (κ1) is 6.71. The van der Waals surface area contributed by atoms with Crippen LogP contribution in [0, 0.1) is 0 Å². The zero-order valence-electron chi connectivity index (χ0n) is 4.50. The van der Waals surface area contributed by atoms with Crippen LogP contribution in [0.4, 0.5) is 0 Å². The molecule has 9 heavy (non-hydrogen) atoms. The van der Waals surface area contributed by atoms with Crippen molar-refractivity contribution in [2.45, 2.75) is 6.42 Å². The molecule has 0 aliphatic carbocycles. The van der Waals surface area contributed by atoms with Gasteiger partial charge in [-0.15, -0.1) is 11.3 Å². The highest BCUT2D eigenvalue weighted by Crippen LogP contribution is 2.14. The molecule has 0 saturated heterocycles. The number of rotatable bonds is 2. The molecule has 0 unspecified atom stereocenters. The Balaban J connectivity index is 2.72. The molecular formula is C5H4ClNOS. The molecule has 0 saturated carbocycles. The van der Waals surface area contributed by atoms with Gasteiger partial charge in [0.2, 0.25) is 0 Å². The number of thiazole rings is 1. The molecule has 4 heteroatoms. The molecule has 1 aromatic rings. The molecule has 0 spiro atoms. The van der Waals surface area contributed by atoms with Gasteiger partial charge in [0.15, 0.2) is 4.47 Å². The number of hydrogen-bond donors (Lipinski definition) is 0. The fourth-order valence-electron chi connectivity index (χ4n) is 0.461. The van der Waals surface area contributed by atoms with Crippen LogP contribution in [0.2, 0.25) is 4.47 Å². The summed E-state index contributed by atoms with van der Waals surface area (Å²) in [5.41, 5.74) is 0.750. The molecule has 0 amide bonds. The van der Waals surface area contributed by atoms with E-state index in [2.05, 4.69) is 4.98 Å². The van der Waals surface area contributed by atoms with Crippen molar-refractivity contribution in [3.63, 3.8) is 0 Å². The minimum absolute atomic E-state index is 0.364. The standard InChI is InChI=1S/C5H4ClNOS/c6-5-7-4(1-2-8)3-9-5/h2-3H,1H2. The third kappa shape index (κ3) is 1.77. The number of halogens is 1. The van der Waals surface area contributed by atoms with Gasteiger partial charge in [0.05, 0.1) is 5.69 Å². The van der Waals surface area contributed by atoms with Crippen molar-refractivity contribution in [2.75, 3.05) is 0 Å². The maximum atomic E-state index is 9.91. The summed E-state index contributed by atoms with van der Waals surface area (Å²) in [5.74, 6) is 0. The lowest BCUT2D eigenvalue weighted by Gasteiger charge is -1.78. The van der Waals surface area contributed by atoms with Crippen LogP contribution in [0.25, 0.3) is 0 Å². The van der Waals surface area contributed by atoms with Gasteiger partial charge in [-0.05, 0) is 0 Å². The Kier molecular flexibility index (Phi) is 2.19. The molecule has 0 aliphatic heterocycles. The van der Waals surface area contributed by atoms with Crippen LogP contribution >= 0.6 is 22.9 Å². The molecule has 2 nitrogen and oxygen atoms in total. The van der Waals surface area contributed by atoms with E-state index in [9.17, 15) is 4.79 Å². The van der Waals surface area contributed by atoms with Crippen LogP contribution in [0.5, 0.6) is 0 Å². The first-order valence-corrected chi connectivity index (χ1v) is 3.62. The summed E-state index contributed by atoms with van der Waals surface area (Å²) in [5, 5.41) is 1.77. The molecule has 1 aromatic heterocycles. The van der Waals surface area contributed by atoms with E-state index in [-0.39, 0.29) is 0 Å². The number of hydrogen-bond acceptors (Lipinski definition) is 3. The van der Waals surface area contributed by atoms with Crippen molar-refractivity contribution in [2.24, 2.45) is 0 Å². The number of aldehydes is 1. The first-order valence-electron chi connectivity index (χ1n) is 2.36. The molecule has 0 radical (unpaired) electrons. The minimum Gasteiger partial charge on any atom is -0.303 e. The number of carbonyl (C=O) groups excluding carboxylic acids is 1. The Labute approximate surface area is 61.5 Å². The fraction of sp³-hybridized carbons (Fsp3) is 0.200. The van der Waals surface area contributed by atoms with Crippen molar-refractivity contribution in [1.29, 1.82) is 0 Å². The third-order valence-electron chi connectivity index (χ3n) is 0.816. The molecule has 0 N–H and O–H groups in total. The van der Waals surface area contributed by atoms with Gasteiger partial charge in [-0.25, -0.2) is 4.98 Å². The lowest BCUT2D eigenvalue weighted by molar-refractivity contribution is -0.107. The van der Waals surface area contributed by atoms with Crippen molar-refractivity contribution in [3.05, 3.63) is 15.5 Å². The molecule has 0 fully saturated rings. The van der Waals surface area contributed by atoms with E-state index < -0.39 is 0 Å². The number of nitrogens with zero attached hydrogens (tertiary/aromatic N) is 1. The highest BCUT2D eigenvalue weighted by molar-refractivity contribution is 7.13. The van der Waals surface area contributed by atoms with Gasteiger partial charge in [0, 0.05) is 11.8 Å². The molecule has 0 bridgehead atoms. The van der Waals surface area contributed by atoms with Crippen molar-refractivity contribution in [1.82, 2.24) is 4.98 Å². The van der Waals surface area contributed by atoms with Crippen molar-refractivity contribution < 1.29 is 4.79 Å². The van der Waals surface area contributed by atoms with Gasteiger partial charge in [-0.1, -0.05) is 11.6 Å². The van der Waals surface area contributed by atoms with Gasteiger partial charge in [-0.3, -0.25) is 0 Å². The zero-order valence-corrected chi connectivity index (χ0v) is 6.08. The van der Waals surface area contributed by atoms with E-state index in [1.807, 2.05) is 0 Å². The van der Waals surface area contributed by atoms with Crippen LogP contribution in [-0.4, -0.2) is 11.3 Å². The summed E-state index contributed by atoms with van der Waals surface area (Å²) in [6.45, 7) is 0. The Morgan fingerprint density at radius 3 is 3.11 bits per heavy atom. The molecular weight excluding hydrogens is 158 g/mol. The lowest BCUT2D eigenvalue weighted by Crippen LogP contribution is -1.83. The third-order valence-corrected chi connectivity index (χ3v) is 1.84. The summed E-state index contributed by atoms with van der Waals surface area (Å²) in [6.07, 6.45) is 1.18. The number of aromatic nitrogens is 1. The second-order valence-electron chi connectivity index (χ2n) is 1.46. The van der Waals surface area contributed by atoms with Crippen LogP contribution in [-0.2, 0) is 11.2 Å². The van der Waals surface area contributed by atoms with E-state index in [0.717, 1.165) is 12.0 Å². The molecule has 0 aliphatic rings. The fourth-order valence-corrected chi connectivity index (χ4v) is 1.26. The van der Waals surface area contributed by atoms with Crippen LogP contribution in [0.1, 0.15) is 5.69 Å².